The first kappa shape index (κ1) is 16.1. The quantitative estimate of drug-likeness (QED) is 0.791. The molecule has 1 amide bonds. The van der Waals surface area contributed by atoms with Crippen LogP contribution < -0.4 is 20.1 Å². The molecule has 7 nitrogen and oxygen atoms in total. The third-order valence-corrected chi connectivity index (χ3v) is 3.59. The van der Waals surface area contributed by atoms with E-state index in [-0.39, 0.29) is 17.4 Å². The van der Waals surface area contributed by atoms with Crippen molar-refractivity contribution < 1.29 is 23.8 Å². The van der Waals surface area contributed by atoms with Gasteiger partial charge in [0.2, 0.25) is 5.91 Å². The highest BCUT2D eigenvalue weighted by Crippen LogP contribution is 2.37. The fourth-order valence-corrected chi connectivity index (χ4v) is 2.41. The van der Waals surface area contributed by atoms with Gasteiger partial charge in [-0.15, -0.1) is 0 Å². The average molecular weight is 308 g/mol. The Morgan fingerprint density at radius 2 is 2.00 bits per heavy atom. The normalized spacial score (nSPS) is 17.0. The predicted octanol–water partition coefficient (Wildman–Crippen LogP) is 1.04. The summed E-state index contributed by atoms with van der Waals surface area (Å²) in [5, 5.41) is 5.94. The summed E-state index contributed by atoms with van der Waals surface area (Å²) in [7, 11) is 4.23. The fraction of sp³-hybridized carbons (Fsp3) is 0.467. The lowest BCUT2D eigenvalue weighted by Gasteiger charge is -2.16. The number of esters is 1. The highest BCUT2D eigenvalue weighted by Gasteiger charge is 2.25. The molecule has 2 rings (SSSR count). The first-order valence-corrected chi connectivity index (χ1v) is 6.96. The Morgan fingerprint density at radius 3 is 2.55 bits per heavy atom. The summed E-state index contributed by atoms with van der Waals surface area (Å²) < 4.78 is 15.2. The Balaban J connectivity index is 2.34. The standard InChI is InChI=1S/C15H20N2O5/c1-20-12-7-10(15(19)22-3)6-11(13(12)21-2)17-14(18)9-4-5-16-8-9/h6-7,9,16H,4-5,8H2,1-3H3,(H,17,18). The fourth-order valence-electron chi connectivity index (χ4n) is 2.41. The number of nitrogens with one attached hydrogen (secondary N) is 2. The molecule has 7 heteroatoms. The van der Waals surface area contributed by atoms with E-state index in [2.05, 4.69) is 10.6 Å². The molecule has 1 aliphatic rings. The monoisotopic (exact) mass is 308 g/mol. The van der Waals surface area contributed by atoms with Gasteiger partial charge in [0.15, 0.2) is 11.5 Å². The number of amides is 1. The number of ether oxygens (including phenoxy) is 3. The number of methoxy groups -OCH3 is 3. The van der Waals surface area contributed by atoms with E-state index in [0.29, 0.717) is 23.7 Å². The van der Waals surface area contributed by atoms with E-state index in [1.165, 1.54) is 33.5 Å². The van der Waals surface area contributed by atoms with Gasteiger partial charge in [-0.3, -0.25) is 4.79 Å². The molecule has 0 saturated carbocycles. The molecule has 2 N–H and O–H groups in total. The van der Waals surface area contributed by atoms with Gasteiger partial charge in [0.1, 0.15) is 0 Å². The largest absolute Gasteiger partial charge is 0.493 e. The molecule has 1 aromatic carbocycles. The molecule has 1 aromatic rings. The molecular weight excluding hydrogens is 288 g/mol. The van der Waals surface area contributed by atoms with Crippen LogP contribution in [0.4, 0.5) is 5.69 Å². The number of hydrogen-bond donors (Lipinski definition) is 2. The first-order chi connectivity index (χ1) is 10.6. The van der Waals surface area contributed by atoms with E-state index in [1.54, 1.807) is 0 Å². The molecule has 1 heterocycles. The van der Waals surface area contributed by atoms with Gasteiger partial charge < -0.3 is 24.8 Å². The third kappa shape index (κ3) is 3.30. The summed E-state index contributed by atoms with van der Waals surface area (Å²) in [6.45, 7) is 1.46. The predicted molar refractivity (Wildman–Crippen MR) is 80.5 cm³/mol. The van der Waals surface area contributed by atoms with Crippen LogP contribution in [0.15, 0.2) is 12.1 Å². The van der Waals surface area contributed by atoms with Crippen molar-refractivity contribution in [3.63, 3.8) is 0 Å². The number of benzene rings is 1. The van der Waals surface area contributed by atoms with E-state index in [0.717, 1.165) is 13.0 Å². The van der Waals surface area contributed by atoms with Crippen LogP contribution in [0.1, 0.15) is 16.8 Å². The molecule has 0 bridgehead atoms. The van der Waals surface area contributed by atoms with E-state index in [4.69, 9.17) is 14.2 Å². The Bertz CT molecular complexity index is 567. The zero-order valence-corrected chi connectivity index (χ0v) is 12.9. The highest BCUT2D eigenvalue weighted by atomic mass is 16.5. The first-order valence-electron chi connectivity index (χ1n) is 6.96. The molecule has 22 heavy (non-hydrogen) atoms. The number of carbonyl (C=O) groups is 2. The van der Waals surface area contributed by atoms with Crippen molar-refractivity contribution in [1.82, 2.24) is 5.32 Å². The smallest absolute Gasteiger partial charge is 0.338 e. The van der Waals surface area contributed by atoms with Crippen LogP contribution in [-0.4, -0.2) is 46.3 Å². The van der Waals surface area contributed by atoms with Gasteiger partial charge >= 0.3 is 5.97 Å². The van der Waals surface area contributed by atoms with Gasteiger partial charge in [-0.05, 0) is 25.1 Å². The zero-order chi connectivity index (χ0) is 16.1. The van der Waals surface area contributed by atoms with Crippen LogP contribution in [0, 0.1) is 5.92 Å². The van der Waals surface area contributed by atoms with Crippen molar-refractivity contribution in [2.75, 3.05) is 39.7 Å². The van der Waals surface area contributed by atoms with Crippen LogP contribution >= 0.6 is 0 Å². The minimum atomic E-state index is -0.515. The molecule has 0 aromatic heterocycles. The van der Waals surface area contributed by atoms with Crippen molar-refractivity contribution in [1.29, 1.82) is 0 Å². The molecule has 0 radical (unpaired) electrons. The summed E-state index contributed by atoms with van der Waals surface area (Å²) in [6.07, 6.45) is 0.780. The van der Waals surface area contributed by atoms with E-state index in [9.17, 15) is 9.59 Å². The third-order valence-electron chi connectivity index (χ3n) is 3.59. The van der Waals surface area contributed by atoms with E-state index < -0.39 is 5.97 Å². The molecule has 1 aliphatic heterocycles. The van der Waals surface area contributed by atoms with Gasteiger partial charge in [0.05, 0.1) is 38.5 Å². The zero-order valence-electron chi connectivity index (χ0n) is 12.9. The Labute approximate surface area is 128 Å². The Hall–Kier alpha value is -2.28. The lowest BCUT2D eigenvalue weighted by atomic mass is 10.1. The van der Waals surface area contributed by atoms with Gasteiger partial charge in [-0.25, -0.2) is 4.79 Å². The molecule has 1 atom stereocenters. The number of anilines is 1. The summed E-state index contributed by atoms with van der Waals surface area (Å²) >= 11 is 0. The second-order valence-electron chi connectivity index (χ2n) is 4.93. The lowest BCUT2D eigenvalue weighted by Crippen LogP contribution is -2.25. The SMILES string of the molecule is COC(=O)c1cc(NC(=O)C2CCNC2)c(OC)c(OC)c1. The van der Waals surface area contributed by atoms with Crippen molar-refractivity contribution >= 4 is 17.6 Å². The van der Waals surface area contributed by atoms with Crippen molar-refractivity contribution in [3.8, 4) is 11.5 Å². The van der Waals surface area contributed by atoms with Crippen LogP contribution in [-0.2, 0) is 9.53 Å². The van der Waals surface area contributed by atoms with Crippen LogP contribution in [0.25, 0.3) is 0 Å². The average Bonchev–Trinajstić information content (AvgIpc) is 3.07. The van der Waals surface area contributed by atoms with E-state index >= 15 is 0 Å². The number of carbonyl (C=O) groups excluding carboxylic acids is 2. The molecule has 120 valence electrons. The maximum Gasteiger partial charge on any atom is 0.338 e. The van der Waals surface area contributed by atoms with Crippen LogP contribution in [0.3, 0.4) is 0 Å². The summed E-state index contributed by atoms with van der Waals surface area (Å²) in [5.41, 5.74) is 0.666. The molecule has 0 aliphatic carbocycles. The van der Waals surface area contributed by atoms with E-state index in [1.807, 2.05) is 0 Å². The summed E-state index contributed by atoms with van der Waals surface area (Å²) in [6, 6.07) is 3.03. The minimum Gasteiger partial charge on any atom is -0.493 e. The maximum absolute atomic E-state index is 12.3. The highest BCUT2D eigenvalue weighted by molar-refractivity contribution is 5.98. The lowest BCUT2D eigenvalue weighted by molar-refractivity contribution is -0.119. The van der Waals surface area contributed by atoms with Crippen molar-refractivity contribution in [3.05, 3.63) is 17.7 Å². The molecule has 0 spiro atoms. The van der Waals surface area contributed by atoms with Crippen molar-refractivity contribution in [2.24, 2.45) is 5.92 Å². The van der Waals surface area contributed by atoms with Gasteiger partial charge in [-0.1, -0.05) is 0 Å². The van der Waals surface area contributed by atoms with Gasteiger partial charge in [-0.2, -0.15) is 0 Å². The molecule has 1 saturated heterocycles. The van der Waals surface area contributed by atoms with Crippen LogP contribution in [0.5, 0.6) is 11.5 Å². The Kier molecular flexibility index (Phi) is 5.21. The summed E-state index contributed by atoms with van der Waals surface area (Å²) in [5.74, 6) is -0.0106. The molecule has 1 unspecified atom stereocenters. The topological polar surface area (TPSA) is 85.9 Å². The van der Waals surface area contributed by atoms with Crippen LogP contribution in [0.2, 0.25) is 0 Å². The minimum absolute atomic E-state index is 0.0996. The number of rotatable bonds is 5. The molecule has 1 fully saturated rings. The maximum atomic E-state index is 12.3. The summed E-state index contributed by atoms with van der Waals surface area (Å²) in [4.78, 5) is 24.0. The van der Waals surface area contributed by atoms with Gasteiger partial charge in [0, 0.05) is 6.54 Å². The van der Waals surface area contributed by atoms with Gasteiger partial charge in [0.25, 0.3) is 0 Å². The Morgan fingerprint density at radius 1 is 1.23 bits per heavy atom. The molecular formula is C15H20N2O5. The number of hydrogen-bond acceptors (Lipinski definition) is 6. The van der Waals surface area contributed by atoms with Crippen molar-refractivity contribution in [2.45, 2.75) is 6.42 Å². The second kappa shape index (κ2) is 7.13. The second-order valence-corrected chi connectivity index (χ2v) is 4.93.